The molecule has 0 amide bonds. The van der Waals surface area contributed by atoms with Crippen LogP contribution in [0, 0.1) is 6.92 Å². The molecule has 1 aliphatic heterocycles. The van der Waals surface area contributed by atoms with Crippen molar-refractivity contribution in [1.82, 2.24) is 20.0 Å². The predicted octanol–water partition coefficient (Wildman–Crippen LogP) is 3.34. The van der Waals surface area contributed by atoms with Gasteiger partial charge in [-0.1, -0.05) is 19.0 Å². The third kappa shape index (κ3) is 3.49. The molecule has 3 heterocycles. The Kier molecular flexibility index (Phi) is 4.35. The molecule has 0 bridgehead atoms. The molecule has 0 radical (unpaired) electrons. The van der Waals surface area contributed by atoms with Gasteiger partial charge in [-0.3, -0.25) is 4.90 Å². The summed E-state index contributed by atoms with van der Waals surface area (Å²) in [6, 6.07) is 0. The van der Waals surface area contributed by atoms with Gasteiger partial charge in [0.05, 0.1) is 10.7 Å². The molecule has 21 heavy (non-hydrogen) atoms. The summed E-state index contributed by atoms with van der Waals surface area (Å²) >= 11 is 1.72. The smallest absolute Gasteiger partial charge is 0.229 e. The Balaban J connectivity index is 1.64. The second kappa shape index (κ2) is 6.23. The van der Waals surface area contributed by atoms with E-state index in [1.54, 1.807) is 11.3 Å². The van der Waals surface area contributed by atoms with Crippen LogP contribution in [-0.2, 0) is 6.54 Å². The molecule has 5 nitrogen and oxygen atoms in total. The van der Waals surface area contributed by atoms with Gasteiger partial charge in [-0.25, -0.2) is 4.98 Å². The number of hydrogen-bond acceptors (Lipinski definition) is 6. The van der Waals surface area contributed by atoms with Crippen LogP contribution in [0.15, 0.2) is 9.90 Å². The van der Waals surface area contributed by atoms with E-state index in [1.165, 1.54) is 12.1 Å². The number of piperidine rings is 1. The van der Waals surface area contributed by atoms with Crippen molar-refractivity contribution in [2.45, 2.75) is 52.0 Å². The third-order valence-electron chi connectivity index (χ3n) is 3.87. The normalized spacial score (nSPS) is 20.3. The fourth-order valence-electron chi connectivity index (χ4n) is 2.77. The van der Waals surface area contributed by atoms with Crippen molar-refractivity contribution in [2.75, 3.05) is 13.1 Å². The highest BCUT2D eigenvalue weighted by Crippen LogP contribution is 2.27. The van der Waals surface area contributed by atoms with Crippen LogP contribution in [0.4, 0.5) is 0 Å². The Morgan fingerprint density at radius 2 is 2.29 bits per heavy atom. The van der Waals surface area contributed by atoms with Gasteiger partial charge in [-0.05, 0) is 26.3 Å². The quantitative estimate of drug-likeness (QED) is 0.867. The fraction of sp³-hybridized carbons (Fsp3) is 0.667. The molecule has 1 aliphatic rings. The summed E-state index contributed by atoms with van der Waals surface area (Å²) in [6.45, 7) is 9.26. The average Bonchev–Trinajstić information content (AvgIpc) is 3.08. The van der Waals surface area contributed by atoms with Gasteiger partial charge in [0.15, 0.2) is 5.82 Å². The van der Waals surface area contributed by atoms with Crippen molar-refractivity contribution in [3.63, 3.8) is 0 Å². The van der Waals surface area contributed by atoms with Crippen LogP contribution < -0.4 is 0 Å². The molecule has 3 rings (SSSR count). The van der Waals surface area contributed by atoms with E-state index in [1.807, 2.05) is 0 Å². The summed E-state index contributed by atoms with van der Waals surface area (Å²) in [5, 5.41) is 7.47. The van der Waals surface area contributed by atoms with Gasteiger partial charge in [0.25, 0.3) is 0 Å². The van der Waals surface area contributed by atoms with E-state index < -0.39 is 0 Å². The Labute approximate surface area is 129 Å². The topological polar surface area (TPSA) is 55.1 Å². The molecule has 6 heteroatoms. The van der Waals surface area contributed by atoms with Crippen molar-refractivity contribution in [3.05, 3.63) is 27.8 Å². The lowest BCUT2D eigenvalue weighted by Gasteiger charge is -2.30. The predicted molar refractivity (Wildman–Crippen MR) is 82.5 cm³/mol. The van der Waals surface area contributed by atoms with Gasteiger partial charge in [0.1, 0.15) is 0 Å². The van der Waals surface area contributed by atoms with Crippen LogP contribution >= 0.6 is 11.3 Å². The second-order valence-electron chi connectivity index (χ2n) is 6.08. The van der Waals surface area contributed by atoms with Crippen molar-refractivity contribution < 1.29 is 4.52 Å². The molecular weight excluding hydrogens is 284 g/mol. The van der Waals surface area contributed by atoms with E-state index in [0.29, 0.717) is 11.8 Å². The van der Waals surface area contributed by atoms with Gasteiger partial charge >= 0.3 is 0 Å². The fourth-order valence-corrected chi connectivity index (χ4v) is 3.37. The number of aromatic nitrogens is 3. The minimum absolute atomic E-state index is 0.295. The summed E-state index contributed by atoms with van der Waals surface area (Å²) in [6.07, 6.45) is 2.32. The minimum Gasteiger partial charge on any atom is -0.339 e. The lowest BCUT2D eigenvalue weighted by atomic mass is 9.97. The molecule has 1 saturated heterocycles. The monoisotopic (exact) mass is 306 g/mol. The first kappa shape index (κ1) is 14.7. The number of rotatable bonds is 4. The highest BCUT2D eigenvalue weighted by Gasteiger charge is 2.26. The molecule has 0 aromatic carbocycles. The van der Waals surface area contributed by atoms with E-state index in [-0.39, 0.29) is 0 Å². The van der Waals surface area contributed by atoms with Crippen molar-refractivity contribution in [2.24, 2.45) is 0 Å². The Bertz CT molecular complexity index is 592. The average molecular weight is 306 g/mol. The summed E-state index contributed by atoms with van der Waals surface area (Å²) in [4.78, 5) is 11.6. The first-order valence-electron chi connectivity index (χ1n) is 7.58. The highest BCUT2D eigenvalue weighted by molar-refractivity contribution is 7.09. The number of nitrogens with zero attached hydrogens (tertiary/aromatic N) is 4. The van der Waals surface area contributed by atoms with Crippen LogP contribution in [0.3, 0.4) is 0 Å². The highest BCUT2D eigenvalue weighted by atomic mass is 32.1. The van der Waals surface area contributed by atoms with Gasteiger partial charge in [0.2, 0.25) is 5.89 Å². The Morgan fingerprint density at radius 3 is 2.95 bits per heavy atom. The standard InChI is InChI=1S/C15H22N4OS/c1-10(2)15-17-14(18-20-15)12-5-4-6-19(7-12)8-13-9-21-11(3)16-13/h9-10,12H,4-8H2,1-3H3/t12-/m0/s1. The van der Waals surface area contributed by atoms with E-state index in [9.17, 15) is 0 Å². The first-order chi connectivity index (χ1) is 10.1. The maximum absolute atomic E-state index is 5.35. The molecule has 1 fully saturated rings. The lowest BCUT2D eigenvalue weighted by Crippen LogP contribution is -2.34. The molecule has 0 spiro atoms. The summed E-state index contributed by atoms with van der Waals surface area (Å²) in [5.41, 5.74) is 1.18. The molecule has 114 valence electrons. The zero-order chi connectivity index (χ0) is 14.8. The van der Waals surface area contributed by atoms with E-state index in [2.05, 4.69) is 46.2 Å². The zero-order valence-corrected chi connectivity index (χ0v) is 13.7. The Morgan fingerprint density at radius 1 is 1.43 bits per heavy atom. The number of aryl methyl sites for hydroxylation is 1. The molecule has 0 N–H and O–H groups in total. The van der Waals surface area contributed by atoms with Gasteiger partial charge in [-0.15, -0.1) is 11.3 Å². The van der Waals surface area contributed by atoms with Gasteiger partial charge < -0.3 is 4.52 Å². The third-order valence-corrected chi connectivity index (χ3v) is 4.70. The molecule has 0 saturated carbocycles. The maximum Gasteiger partial charge on any atom is 0.229 e. The van der Waals surface area contributed by atoms with Crippen LogP contribution in [0.25, 0.3) is 0 Å². The van der Waals surface area contributed by atoms with Crippen LogP contribution in [0.1, 0.15) is 60.9 Å². The number of thiazole rings is 1. The molecule has 2 aromatic rings. The van der Waals surface area contributed by atoms with Crippen molar-refractivity contribution >= 4 is 11.3 Å². The molecule has 0 aliphatic carbocycles. The Hall–Kier alpha value is -1.27. The van der Waals surface area contributed by atoms with E-state index in [4.69, 9.17) is 4.52 Å². The van der Waals surface area contributed by atoms with Crippen LogP contribution in [-0.4, -0.2) is 33.1 Å². The molecule has 1 atom stereocenters. The van der Waals surface area contributed by atoms with Crippen molar-refractivity contribution in [1.29, 1.82) is 0 Å². The first-order valence-corrected chi connectivity index (χ1v) is 8.46. The molecule has 2 aromatic heterocycles. The molecular formula is C15H22N4OS. The summed E-state index contributed by atoms with van der Waals surface area (Å²) in [7, 11) is 0. The largest absolute Gasteiger partial charge is 0.339 e. The van der Waals surface area contributed by atoms with E-state index in [0.717, 1.165) is 42.8 Å². The maximum atomic E-state index is 5.35. The second-order valence-corrected chi connectivity index (χ2v) is 7.14. The minimum atomic E-state index is 0.295. The lowest BCUT2D eigenvalue weighted by molar-refractivity contribution is 0.193. The summed E-state index contributed by atoms with van der Waals surface area (Å²) in [5.74, 6) is 2.30. The van der Waals surface area contributed by atoms with Crippen LogP contribution in [0.5, 0.6) is 0 Å². The van der Waals surface area contributed by atoms with Crippen molar-refractivity contribution in [3.8, 4) is 0 Å². The molecule has 0 unspecified atom stereocenters. The number of likely N-dealkylation sites (tertiary alicyclic amines) is 1. The summed E-state index contributed by atoms with van der Waals surface area (Å²) < 4.78 is 5.35. The van der Waals surface area contributed by atoms with Crippen LogP contribution in [0.2, 0.25) is 0 Å². The SMILES string of the molecule is Cc1nc(CN2CCC[C@H](c3noc(C(C)C)n3)C2)cs1. The number of hydrogen-bond donors (Lipinski definition) is 0. The van der Waals surface area contributed by atoms with Gasteiger partial charge in [-0.2, -0.15) is 4.98 Å². The van der Waals surface area contributed by atoms with Gasteiger partial charge in [0, 0.05) is 30.3 Å². The zero-order valence-electron chi connectivity index (χ0n) is 12.9. The van der Waals surface area contributed by atoms with E-state index >= 15 is 0 Å².